The SMILES string of the molecule is C=CCN=c1scc(-c2ccc(OC(F)F)cc2)n1N=Cc1ccc(O)c(OCC)c1. The summed E-state index contributed by atoms with van der Waals surface area (Å²) in [7, 11) is 0. The first-order valence-electron chi connectivity index (χ1n) is 9.39. The van der Waals surface area contributed by atoms with Crippen LogP contribution in [-0.4, -0.2) is 35.8 Å². The van der Waals surface area contributed by atoms with Crippen LogP contribution in [0.25, 0.3) is 11.3 Å². The van der Waals surface area contributed by atoms with Crippen molar-refractivity contribution in [2.45, 2.75) is 13.5 Å². The normalized spacial score (nSPS) is 11.9. The Morgan fingerprint density at radius 2 is 2.00 bits per heavy atom. The van der Waals surface area contributed by atoms with Gasteiger partial charge in [0.05, 0.1) is 25.1 Å². The Balaban J connectivity index is 1.98. The van der Waals surface area contributed by atoms with Gasteiger partial charge in [0.2, 0.25) is 4.80 Å². The Labute approximate surface area is 182 Å². The molecule has 0 aliphatic rings. The van der Waals surface area contributed by atoms with Gasteiger partial charge in [-0.25, -0.2) is 4.68 Å². The molecule has 3 aromatic rings. The van der Waals surface area contributed by atoms with Crippen LogP contribution in [0.1, 0.15) is 12.5 Å². The van der Waals surface area contributed by atoms with Crippen molar-refractivity contribution >= 4 is 17.6 Å². The number of phenols is 1. The number of benzene rings is 2. The molecule has 0 bridgehead atoms. The molecule has 0 saturated heterocycles. The minimum atomic E-state index is -2.88. The second-order valence-electron chi connectivity index (χ2n) is 6.15. The second-order valence-corrected chi connectivity index (χ2v) is 6.99. The maximum Gasteiger partial charge on any atom is 0.387 e. The molecule has 1 aromatic heterocycles. The van der Waals surface area contributed by atoms with E-state index < -0.39 is 6.61 Å². The lowest BCUT2D eigenvalue weighted by Crippen LogP contribution is -2.12. The maximum absolute atomic E-state index is 12.4. The van der Waals surface area contributed by atoms with Crippen molar-refractivity contribution in [3.63, 3.8) is 0 Å². The van der Waals surface area contributed by atoms with Crippen LogP contribution in [0.5, 0.6) is 17.2 Å². The molecule has 0 aliphatic carbocycles. The van der Waals surface area contributed by atoms with Crippen molar-refractivity contribution in [3.05, 3.63) is 70.9 Å². The van der Waals surface area contributed by atoms with E-state index in [1.165, 1.54) is 29.5 Å². The molecule has 0 atom stereocenters. The predicted octanol–water partition coefficient (Wildman–Crippen LogP) is 4.89. The van der Waals surface area contributed by atoms with E-state index in [-0.39, 0.29) is 11.5 Å². The Morgan fingerprint density at radius 1 is 1.23 bits per heavy atom. The van der Waals surface area contributed by atoms with Gasteiger partial charge in [-0.2, -0.15) is 13.9 Å². The molecule has 6 nitrogen and oxygen atoms in total. The van der Waals surface area contributed by atoms with Gasteiger partial charge in [-0.3, -0.25) is 4.99 Å². The Hall–Kier alpha value is -3.46. The van der Waals surface area contributed by atoms with Crippen molar-refractivity contribution in [1.82, 2.24) is 4.68 Å². The van der Waals surface area contributed by atoms with Crippen LogP contribution in [0.2, 0.25) is 0 Å². The number of halogens is 2. The van der Waals surface area contributed by atoms with Crippen LogP contribution < -0.4 is 14.3 Å². The summed E-state index contributed by atoms with van der Waals surface area (Å²) in [6, 6.07) is 11.2. The number of hydrogen-bond acceptors (Lipinski definition) is 6. The summed E-state index contributed by atoms with van der Waals surface area (Å²) >= 11 is 1.39. The number of rotatable bonds is 9. The van der Waals surface area contributed by atoms with Crippen molar-refractivity contribution in [2.24, 2.45) is 10.1 Å². The van der Waals surface area contributed by atoms with Gasteiger partial charge in [0, 0.05) is 10.9 Å². The summed E-state index contributed by atoms with van der Waals surface area (Å²) in [5, 5.41) is 16.3. The molecule has 0 amide bonds. The number of phenolic OH excluding ortho intramolecular Hbond substituents is 1. The molecule has 9 heteroatoms. The Kier molecular flexibility index (Phi) is 7.55. The summed E-state index contributed by atoms with van der Waals surface area (Å²) < 4.78 is 36.3. The lowest BCUT2D eigenvalue weighted by atomic mass is 10.2. The van der Waals surface area contributed by atoms with E-state index in [0.717, 1.165) is 16.8 Å². The van der Waals surface area contributed by atoms with Gasteiger partial charge in [0.25, 0.3) is 0 Å². The van der Waals surface area contributed by atoms with E-state index in [2.05, 4.69) is 21.4 Å². The molecule has 1 N–H and O–H groups in total. The van der Waals surface area contributed by atoms with Crippen LogP contribution in [0.4, 0.5) is 8.78 Å². The van der Waals surface area contributed by atoms with E-state index in [9.17, 15) is 13.9 Å². The molecular formula is C22H21F2N3O3S. The van der Waals surface area contributed by atoms with Crippen LogP contribution >= 0.6 is 11.3 Å². The third-order valence-corrected chi connectivity index (χ3v) is 4.88. The van der Waals surface area contributed by atoms with Crippen molar-refractivity contribution in [2.75, 3.05) is 13.2 Å². The van der Waals surface area contributed by atoms with Gasteiger partial charge < -0.3 is 14.6 Å². The number of alkyl halides is 2. The first-order valence-corrected chi connectivity index (χ1v) is 10.3. The third-order valence-electron chi connectivity index (χ3n) is 4.02. The van der Waals surface area contributed by atoms with Gasteiger partial charge in [-0.1, -0.05) is 6.08 Å². The van der Waals surface area contributed by atoms with Gasteiger partial charge in [-0.05, 0) is 55.0 Å². The van der Waals surface area contributed by atoms with Crippen LogP contribution in [-0.2, 0) is 0 Å². The van der Waals surface area contributed by atoms with Crippen molar-refractivity contribution in [1.29, 1.82) is 0 Å². The summed E-state index contributed by atoms with van der Waals surface area (Å²) in [5.41, 5.74) is 2.22. The minimum Gasteiger partial charge on any atom is -0.504 e. The number of aromatic hydroxyl groups is 1. The summed E-state index contributed by atoms with van der Waals surface area (Å²) in [4.78, 5) is 5.10. The van der Waals surface area contributed by atoms with Crippen molar-refractivity contribution in [3.8, 4) is 28.5 Å². The molecule has 3 rings (SSSR count). The number of aromatic nitrogens is 1. The molecule has 0 saturated carbocycles. The number of ether oxygens (including phenoxy) is 2. The van der Waals surface area contributed by atoms with Crippen LogP contribution in [0.3, 0.4) is 0 Å². The molecule has 1 heterocycles. The van der Waals surface area contributed by atoms with Gasteiger partial charge >= 0.3 is 6.61 Å². The fourth-order valence-corrected chi connectivity index (χ4v) is 3.52. The quantitative estimate of drug-likeness (QED) is 0.377. The second kappa shape index (κ2) is 10.5. The smallest absolute Gasteiger partial charge is 0.387 e. The van der Waals surface area contributed by atoms with E-state index in [1.54, 1.807) is 41.2 Å². The molecule has 0 fully saturated rings. The molecule has 2 aromatic carbocycles. The van der Waals surface area contributed by atoms with E-state index in [0.29, 0.717) is 23.7 Å². The summed E-state index contributed by atoms with van der Waals surface area (Å²) in [6.45, 7) is 3.48. The lowest BCUT2D eigenvalue weighted by Gasteiger charge is -2.07. The highest BCUT2D eigenvalue weighted by Gasteiger charge is 2.10. The first-order chi connectivity index (χ1) is 15.0. The fraction of sp³-hybridized carbons (Fsp3) is 0.182. The molecule has 31 heavy (non-hydrogen) atoms. The number of nitrogens with zero attached hydrogens (tertiary/aromatic N) is 3. The molecule has 0 spiro atoms. The monoisotopic (exact) mass is 445 g/mol. The largest absolute Gasteiger partial charge is 0.504 e. The van der Waals surface area contributed by atoms with Crippen molar-refractivity contribution < 1.29 is 23.4 Å². The minimum absolute atomic E-state index is 0.0515. The zero-order chi connectivity index (χ0) is 22.2. The third kappa shape index (κ3) is 5.79. The average Bonchev–Trinajstić information content (AvgIpc) is 3.15. The highest BCUT2D eigenvalue weighted by molar-refractivity contribution is 7.07. The lowest BCUT2D eigenvalue weighted by molar-refractivity contribution is -0.0498. The van der Waals surface area contributed by atoms with Gasteiger partial charge in [-0.15, -0.1) is 17.9 Å². The first kappa shape index (κ1) is 22.2. The number of thiazole rings is 1. The number of hydrogen-bond donors (Lipinski definition) is 1. The van der Waals surface area contributed by atoms with Gasteiger partial charge in [0.1, 0.15) is 5.75 Å². The molecule has 0 unspecified atom stereocenters. The topological polar surface area (TPSA) is 68.3 Å². The molecule has 0 aliphatic heterocycles. The Morgan fingerprint density at radius 3 is 2.68 bits per heavy atom. The highest BCUT2D eigenvalue weighted by Crippen LogP contribution is 2.27. The summed E-state index contributed by atoms with van der Waals surface area (Å²) in [6.07, 6.45) is 3.30. The zero-order valence-electron chi connectivity index (χ0n) is 16.7. The zero-order valence-corrected chi connectivity index (χ0v) is 17.6. The average molecular weight is 445 g/mol. The van der Waals surface area contributed by atoms with E-state index in [4.69, 9.17) is 4.74 Å². The molecular weight excluding hydrogens is 424 g/mol. The van der Waals surface area contributed by atoms with Gasteiger partial charge in [0.15, 0.2) is 11.5 Å². The van der Waals surface area contributed by atoms with Crippen LogP contribution in [0, 0.1) is 0 Å². The maximum atomic E-state index is 12.4. The fourth-order valence-electron chi connectivity index (χ4n) is 2.67. The predicted molar refractivity (Wildman–Crippen MR) is 117 cm³/mol. The van der Waals surface area contributed by atoms with E-state index >= 15 is 0 Å². The Bertz CT molecular complexity index is 1120. The highest BCUT2D eigenvalue weighted by atomic mass is 32.1. The standard InChI is InChI=1S/C22H21F2N3O3S/c1-3-11-25-22-27(26-13-15-5-10-19(28)20(12-15)29-4-2)18(14-31-22)16-6-8-17(9-7-16)30-21(23)24/h3,5-10,12-14,21,28H,1,4,11H2,2H3. The van der Waals surface area contributed by atoms with Crippen LogP contribution in [0.15, 0.2) is 70.6 Å². The van der Waals surface area contributed by atoms with E-state index in [1.807, 2.05) is 12.3 Å². The summed E-state index contributed by atoms with van der Waals surface area (Å²) in [5.74, 6) is 0.497. The molecule has 0 radical (unpaired) electrons. The molecule has 162 valence electrons.